The molecule has 0 unspecified atom stereocenters. The molecule has 0 atom stereocenters. The molecule has 1 aromatic rings. The lowest BCUT2D eigenvalue weighted by molar-refractivity contribution is 0.0450. The first-order valence-corrected chi connectivity index (χ1v) is 14.9. The summed E-state index contributed by atoms with van der Waals surface area (Å²) in [5.74, 6) is 1.15. The molecule has 0 radical (unpaired) electrons. The van der Waals surface area contributed by atoms with Gasteiger partial charge in [-0.05, 0) is 36.8 Å². The van der Waals surface area contributed by atoms with Crippen LogP contribution in [-0.2, 0) is 9.47 Å². The van der Waals surface area contributed by atoms with Gasteiger partial charge in [0, 0.05) is 0 Å². The summed E-state index contributed by atoms with van der Waals surface area (Å²) in [6.45, 7) is 9.91. The second kappa shape index (κ2) is 21.3. The summed E-state index contributed by atoms with van der Waals surface area (Å²) in [5, 5.41) is 0. The van der Waals surface area contributed by atoms with E-state index in [0.29, 0.717) is 24.3 Å². The summed E-state index contributed by atoms with van der Waals surface area (Å²) in [4.78, 5) is 24.7. The standard InChI is InChI=1S/C24H38O4.C8H16/c1-3-5-7-9-11-15-19-27-23(25)21-17-13-14-18-22(21)24(26)28-20-16-12-10-8-6-4-2;1-7-3-5-8(2)6-4-7/h13-14,17-18H,3-12,15-16,19-20H2,1-2H3;7-8H,3-6H2,1-2H3. The van der Waals surface area contributed by atoms with E-state index in [-0.39, 0.29) is 0 Å². The maximum Gasteiger partial charge on any atom is 0.339 e. The fourth-order valence-electron chi connectivity index (χ4n) is 4.52. The quantitative estimate of drug-likeness (QED) is 0.167. The van der Waals surface area contributed by atoms with Gasteiger partial charge in [-0.2, -0.15) is 0 Å². The van der Waals surface area contributed by atoms with Crippen molar-refractivity contribution in [3.63, 3.8) is 0 Å². The lowest BCUT2D eigenvalue weighted by Gasteiger charge is -2.22. The van der Waals surface area contributed by atoms with Crippen LogP contribution in [0.3, 0.4) is 0 Å². The number of benzene rings is 1. The van der Waals surface area contributed by atoms with Crippen LogP contribution in [0.2, 0.25) is 0 Å². The molecule has 0 saturated heterocycles. The molecule has 0 heterocycles. The fraction of sp³-hybridized carbons (Fsp3) is 0.750. The number of hydrogen-bond acceptors (Lipinski definition) is 4. The van der Waals surface area contributed by atoms with E-state index in [2.05, 4.69) is 27.7 Å². The molecule has 1 aliphatic carbocycles. The van der Waals surface area contributed by atoms with Crippen molar-refractivity contribution >= 4 is 11.9 Å². The highest BCUT2D eigenvalue weighted by Gasteiger charge is 2.18. The van der Waals surface area contributed by atoms with Crippen LogP contribution in [0.25, 0.3) is 0 Å². The van der Waals surface area contributed by atoms with Crippen LogP contribution < -0.4 is 0 Å². The molecule has 1 saturated carbocycles. The molecule has 4 heteroatoms. The number of hydrogen-bond donors (Lipinski definition) is 0. The van der Waals surface area contributed by atoms with E-state index in [0.717, 1.165) is 37.5 Å². The number of esters is 2. The topological polar surface area (TPSA) is 52.6 Å². The van der Waals surface area contributed by atoms with Crippen LogP contribution in [0.5, 0.6) is 0 Å². The molecule has 0 spiro atoms. The summed E-state index contributed by atoms with van der Waals surface area (Å²) in [6, 6.07) is 6.74. The van der Waals surface area contributed by atoms with Gasteiger partial charge in [-0.25, -0.2) is 9.59 Å². The fourth-order valence-corrected chi connectivity index (χ4v) is 4.52. The van der Waals surface area contributed by atoms with Gasteiger partial charge in [0.15, 0.2) is 0 Å². The third kappa shape index (κ3) is 15.3. The monoisotopic (exact) mass is 502 g/mol. The first-order valence-electron chi connectivity index (χ1n) is 14.9. The number of ether oxygens (including phenoxy) is 2. The van der Waals surface area contributed by atoms with Crippen LogP contribution in [0.1, 0.15) is 151 Å². The van der Waals surface area contributed by atoms with E-state index in [1.807, 2.05) is 0 Å². The summed E-state index contributed by atoms with van der Waals surface area (Å²) in [6.07, 6.45) is 19.5. The van der Waals surface area contributed by atoms with Crippen molar-refractivity contribution in [2.75, 3.05) is 13.2 Å². The molecule has 0 amide bonds. The highest BCUT2D eigenvalue weighted by atomic mass is 16.5. The van der Waals surface area contributed by atoms with E-state index < -0.39 is 11.9 Å². The highest BCUT2D eigenvalue weighted by Crippen LogP contribution is 2.27. The van der Waals surface area contributed by atoms with Gasteiger partial charge < -0.3 is 9.47 Å². The molecule has 0 N–H and O–H groups in total. The van der Waals surface area contributed by atoms with E-state index >= 15 is 0 Å². The lowest BCUT2D eigenvalue weighted by atomic mass is 9.84. The van der Waals surface area contributed by atoms with Crippen LogP contribution in [0, 0.1) is 11.8 Å². The zero-order valence-electron chi connectivity index (χ0n) is 23.8. The molecule has 0 aromatic heterocycles. The van der Waals surface area contributed by atoms with Gasteiger partial charge >= 0.3 is 11.9 Å². The number of rotatable bonds is 16. The molecule has 1 fully saturated rings. The predicted octanol–water partition coefficient (Wildman–Crippen LogP) is 9.55. The molecule has 36 heavy (non-hydrogen) atoms. The highest BCUT2D eigenvalue weighted by molar-refractivity contribution is 6.03. The number of carbonyl (C=O) groups excluding carboxylic acids is 2. The minimum absolute atomic E-state index is 0.293. The second-order valence-corrected chi connectivity index (χ2v) is 10.7. The van der Waals surface area contributed by atoms with Gasteiger partial charge in [0.05, 0.1) is 24.3 Å². The Kier molecular flexibility index (Phi) is 19.0. The van der Waals surface area contributed by atoms with Gasteiger partial charge in [0.2, 0.25) is 0 Å². The van der Waals surface area contributed by atoms with Gasteiger partial charge in [-0.15, -0.1) is 0 Å². The van der Waals surface area contributed by atoms with Gasteiger partial charge in [0.1, 0.15) is 0 Å². The molecular weight excluding hydrogens is 448 g/mol. The smallest absolute Gasteiger partial charge is 0.339 e. The summed E-state index contributed by atoms with van der Waals surface area (Å²) >= 11 is 0. The second-order valence-electron chi connectivity index (χ2n) is 10.7. The minimum Gasteiger partial charge on any atom is -0.462 e. The Morgan fingerprint density at radius 1 is 0.611 bits per heavy atom. The van der Waals surface area contributed by atoms with Crippen molar-refractivity contribution in [3.8, 4) is 0 Å². The lowest BCUT2D eigenvalue weighted by Crippen LogP contribution is -2.15. The Bertz CT molecular complexity index is 632. The van der Waals surface area contributed by atoms with E-state index in [1.54, 1.807) is 24.3 Å². The van der Waals surface area contributed by atoms with E-state index in [9.17, 15) is 9.59 Å². The molecular formula is C32H54O4. The Hall–Kier alpha value is -1.84. The van der Waals surface area contributed by atoms with Crippen molar-refractivity contribution in [3.05, 3.63) is 35.4 Å². The van der Waals surface area contributed by atoms with Crippen LogP contribution in [-0.4, -0.2) is 25.2 Å². The number of unbranched alkanes of at least 4 members (excludes halogenated alkanes) is 10. The largest absolute Gasteiger partial charge is 0.462 e. The third-order valence-electron chi connectivity index (χ3n) is 7.13. The molecule has 0 bridgehead atoms. The molecule has 206 valence electrons. The Morgan fingerprint density at radius 3 is 1.31 bits per heavy atom. The van der Waals surface area contributed by atoms with Gasteiger partial charge in [0.25, 0.3) is 0 Å². The van der Waals surface area contributed by atoms with E-state index in [4.69, 9.17) is 9.47 Å². The third-order valence-corrected chi connectivity index (χ3v) is 7.13. The average Bonchev–Trinajstić information content (AvgIpc) is 2.89. The van der Waals surface area contributed by atoms with Gasteiger partial charge in [-0.1, -0.05) is 130 Å². The van der Waals surface area contributed by atoms with Crippen LogP contribution >= 0.6 is 0 Å². The van der Waals surface area contributed by atoms with Crippen molar-refractivity contribution in [1.29, 1.82) is 0 Å². The summed E-state index contributed by atoms with van der Waals surface area (Å²) in [7, 11) is 0. The van der Waals surface area contributed by atoms with Crippen LogP contribution in [0.4, 0.5) is 0 Å². The van der Waals surface area contributed by atoms with E-state index in [1.165, 1.54) is 77.0 Å². The zero-order valence-corrected chi connectivity index (χ0v) is 23.8. The maximum atomic E-state index is 12.4. The normalized spacial score (nSPS) is 17.1. The first kappa shape index (κ1) is 32.2. The average molecular weight is 503 g/mol. The van der Waals surface area contributed by atoms with Crippen molar-refractivity contribution in [2.45, 2.75) is 130 Å². The molecule has 4 nitrogen and oxygen atoms in total. The van der Waals surface area contributed by atoms with Crippen molar-refractivity contribution < 1.29 is 19.1 Å². The summed E-state index contributed by atoms with van der Waals surface area (Å²) in [5.41, 5.74) is 0.586. The Morgan fingerprint density at radius 2 is 0.944 bits per heavy atom. The Balaban J connectivity index is 0.000000681. The zero-order chi connectivity index (χ0) is 26.4. The Labute approximate surface area is 221 Å². The summed E-state index contributed by atoms with van der Waals surface area (Å²) < 4.78 is 10.7. The van der Waals surface area contributed by atoms with Crippen LogP contribution in [0.15, 0.2) is 24.3 Å². The molecule has 0 aliphatic heterocycles. The molecule has 1 aliphatic rings. The maximum absolute atomic E-state index is 12.4. The number of carbonyl (C=O) groups is 2. The molecule has 2 rings (SSSR count). The first-order chi connectivity index (χ1) is 17.5. The molecule has 1 aromatic carbocycles. The SMILES string of the molecule is CC1CCC(C)CC1.CCCCCCCCOC(=O)c1ccccc1C(=O)OCCCCCCCC. The van der Waals surface area contributed by atoms with Crippen molar-refractivity contribution in [1.82, 2.24) is 0 Å². The van der Waals surface area contributed by atoms with Crippen molar-refractivity contribution in [2.24, 2.45) is 11.8 Å². The van der Waals surface area contributed by atoms with Gasteiger partial charge in [-0.3, -0.25) is 0 Å². The predicted molar refractivity (Wildman–Crippen MR) is 151 cm³/mol. The minimum atomic E-state index is -0.444.